The van der Waals surface area contributed by atoms with Crippen molar-refractivity contribution in [3.05, 3.63) is 16.1 Å². The van der Waals surface area contributed by atoms with Crippen LogP contribution < -0.4 is 16.0 Å². The van der Waals surface area contributed by atoms with E-state index in [1.54, 1.807) is 33.1 Å². The summed E-state index contributed by atoms with van der Waals surface area (Å²) in [6, 6.07) is -2.73. The van der Waals surface area contributed by atoms with E-state index in [4.69, 9.17) is 4.74 Å². The average Bonchev–Trinajstić information content (AvgIpc) is 3.31. The summed E-state index contributed by atoms with van der Waals surface area (Å²) in [5, 5.41) is 20.0. The summed E-state index contributed by atoms with van der Waals surface area (Å²) in [6.07, 6.45) is -0.456. The fourth-order valence-corrected chi connectivity index (χ4v) is 4.30. The number of amides is 3. The zero-order valence-electron chi connectivity index (χ0n) is 23.2. The second-order valence-electron chi connectivity index (χ2n) is 10.2. The average molecular weight is 543 g/mol. The minimum Gasteiger partial charge on any atom is -0.467 e. The van der Waals surface area contributed by atoms with Crippen LogP contribution in [-0.4, -0.2) is 64.9 Å². The molecule has 11 nitrogen and oxygen atoms in total. The van der Waals surface area contributed by atoms with Gasteiger partial charge >= 0.3 is 12.1 Å². The number of rotatable bonds is 12. The lowest BCUT2D eigenvalue weighted by Crippen LogP contribution is -2.56. The first-order chi connectivity index (χ1) is 17.1. The third-order valence-corrected chi connectivity index (χ3v) is 6.85. The molecule has 0 spiro atoms. The molecule has 0 bridgehead atoms. The SMILES string of the molecule is CC[C@H](C)[C@H](NC(=O)c1csc([C@H](NC(=O)OC(C)(C)C)[C@@H](C)CC)n1)C(=O)N[C@H](C(=O)OC)[C@H](C)O. The predicted molar refractivity (Wildman–Crippen MR) is 140 cm³/mol. The van der Waals surface area contributed by atoms with Gasteiger partial charge in [0.2, 0.25) is 5.91 Å². The molecule has 0 unspecified atom stereocenters. The van der Waals surface area contributed by atoms with Gasteiger partial charge in [-0.1, -0.05) is 40.5 Å². The molecule has 0 saturated carbocycles. The maximum absolute atomic E-state index is 13.1. The van der Waals surface area contributed by atoms with Crippen LogP contribution in [0.25, 0.3) is 0 Å². The summed E-state index contributed by atoms with van der Waals surface area (Å²) < 4.78 is 10.0. The van der Waals surface area contributed by atoms with E-state index in [1.165, 1.54) is 18.3 Å². The van der Waals surface area contributed by atoms with Gasteiger partial charge in [0, 0.05) is 5.38 Å². The van der Waals surface area contributed by atoms with Crippen molar-refractivity contribution in [1.82, 2.24) is 20.9 Å². The van der Waals surface area contributed by atoms with E-state index < -0.39 is 53.7 Å². The van der Waals surface area contributed by atoms with Gasteiger partial charge in [0.25, 0.3) is 5.91 Å². The number of carbonyl (C=O) groups is 4. The Kier molecular flexibility index (Phi) is 12.5. The third-order valence-electron chi connectivity index (χ3n) is 5.92. The van der Waals surface area contributed by atoms with E-state index in [0.717, 1.165) is 13.5 Å². The number of aromatic nitrogens is 1. The minimum atomic E-state index is -1.28. The number of ether oxygens (including phenoxy) is 2. The molecule has 1 aromatic heterocycles. The van der Waals surface area contributed by atoms with Crippen molar-refractivity contribution < 1.29 is 33.8 Å². The standard InChI is InChI=1S/C25H42N4O7S/c1-10-13(3)17(21(32)28-19(15(5)30)23(33)35-9)27-20(31)16-12-37-22(26-16)18(14(4)11-2)29-24(34)36-25(6,7)8/h12-15,17-19,30H,10-11H2,1-9H3,(H,27,31)(H,28,32)(H,29,34)/t13-,14-,15-,17-,18+,19-/m0/s1. The molecule has 0 aliphatic carbocycles. The second kappa shape index (κ2) is 14.3. The summed E-state index contributed by atoms with van der Waals surface area (Å²) in [5.41, 5.74) is -0.565. The van der Waals surface area contributed by atoms with Gasteiger partial charge in [0.15, 0.2) is 6.04 Å². The molecule has 0 saturated heterocycles. The van der Waals surface area contributed by atoms with Crippen molar-refractivity contribution in [3.8, 4) is 0 Å². The Hall–Kier alpha value is -2.73. The van der Waals surface area contributed by atoms with Crippen LogP contribution in [0.4, 0.5) is 4.79 Å². The van der Waals surface area contributed by atoms with Crippen LogP contribution in [0.15, 0.2) is 5.38 Å². The smallest absolute Gasteiger partial charge is 0.408 e. The molecule has 1 rings (SSSR count). The molecule has 0 fully saturated rings. The monoisotopic (exact) mass is 542 g/mol. The molecule has 0 aliphatic rings. The molecular formula is C25H42N4O7S. The number of nitrogens with zero attached hydrogens (tertiary/aromatic N) is 1. The number of aliphatic hydroxyl groups is 1. The Labute approximate surface area is 223 Å². The fourth-order valence-electron chi connectivity index (χ4n) is 3.32. The first-order valence-electron chi connectivity index (χ1n) is 12.5. The molecular weight excluding hydrogens is 500 g/mol. The molecule has 0 aromatic carbocycles. The van der Waals surface area contributed by atoms with E-state index in [2.05, 4.69) is 25.7 Å². The van der Waals surface area contributed by atoms with Crippen LogP contribution in [0.3, 0.4) is 0 Å². The second-order valence-corrected chi connectivity index (χ2v) is 11.1. The van der Waals surface area contributed by atoms with Crippen molar-refractivity contribution in [3.63, 3.8) is 0 Å². The Balaban J connectivity index is 3.10. The van der Waals surface area contributed by atoms with Crippen molar-refractivity contribution in [2.24, 2.45) is 11.8 Å². The molecule has 4 N–H and O–H groups in total. The number of aliphatic hydroxyl groups excluding tert-OH is 1. The predicted octanol–water partition coefficient (Wildman–Crippen LogP) is 2.94. The zero-order chi connectivity index (χ0) is 28.5. The molecule has 1 heterocycles. The fraction of sp³-hybridized carbons (Fsp3) is 0.720. The van der Waals surface area contributed by atoms with Gasteiger partial charge in [-0.25, -0.2) is 14.6 Å². The van der Waals surface area contributed by atoms with Crippen molar-refractivity contribution in [2.75, 3.05) is 7.11 Å². The van der Waals surface area contributed by atoms with E-state index in [-0.39, 0.29) is 17.5 Å². The van der Waals surface area contributed by atoms with Gasteiger partial charge in [-0.2, -0.15) is 0 Å². The number of hydrogen-bond donors (Lipinski definition) is 4. The van der Waals surface area contributed by atoms with Crippen LogP contribution in [-0.2, 0) is 19.1 Å². The van der Waals surface area contributed by atoms with E-state index in [9.17, 15) is 24.3 Å². The van der Waals surface area contributed by atoms with Gasteiger partial charge in [0.05, 0.1) is 19.3 Å². The highest BCUT2D eigenvalue weighted by Gasteiger charge is 2.33. The van der Waals surface area contributed by atoms with Crippen LogP contribution >= 0.6 is 11.3 Å². The Morgan fingerprint density at radius 1 is 1.00 bits per heavy atom. The quantitative estimate of drug-likeness (QED) is 0.294. The van der Waals surface area contributed by atoms with Gasteiger partial charge in [-0.15, -0.1) is 11.3 Å². The Bertz CT molecular complexity index is 928. The first-order valence-corrected chi connectivity index (χ1v) is 13.3. The molecule has 210 valence electrons. The summed E-state index contributed by atoms with van der Waals surface area (Å²) in [7, 11) is 1.15. The summed E-state index contributed by atoms with van der Waals surface area (Å²) in [5.74, 6) is -2.26. The topological polar surface area (TPSA) is 156 Å². The minimum absolute atomic E-state index is 0.0175. The van der Waals surface area contributed by atoms with E-state index in [1.807, 2.05) is 20.8 Å². The van der Waals surface area contributed by atoms with Crippen molar-refractivity contribution >= 4 is 35.2 Å². The largest absolute Gasteiger partial charge is 0.467 e. The maximum atomic E-state index is 13.1. The molecule has 37 heavy (non-hydrogen) atoms. The van der Waals surface area contributed by atoms with Crippen LogP contribution in [0.2, 0.25) is 0 Å². The lowest BCUT2D eigenvalue weighted by Gasteiger charge is -2.26. The molecule has 0 aliphatic heterocycles. The van der Waals surface area contributed by atoms with Crippen LogP contribution in [0.1, 0.15) is 89.8 Å². The van der Waals surface area contributed by atoms with Crippen LogP contribution in [0, 0.1) is 11.8 Å². The number of thiazole rings is 1. The first kappa shape index (κ1) is 32.3. The maximum Gasteiger partial charge on any atom is 0.408 e. The highest BCUT2D eigenvalue weighted by atomic mass is 32.1. The highest BCUT2D eigenvalue weighted by molar-refractivity contribution is 7.09. The Morgan fingerprint density at radius 3 is 2.08 bits per heavy atom. The van der Waals surface area contributed by atoms with Gasteiger partial charge < -0.3 is 30.5 Å². The summed E-state index contributed by atoms with van der Waals surface area (Å²) in [4.78, 5) is 54.9. The molecule has 0 radical (unpaired) electrons. The summed E-state index contributed by atoms with van der Waals surface area (Å²) >= 11 is 1.22. The number of methoxy groups -OCH3 is 1. The third kappa shape index (κ3) is 9.92. The van der Waals surface area contributed by atoms with E-state index in [0.29, 0.717) is 11.4 Å². The number of nitrogens with one attached hydrogen (secondary N) is 3. The van der Waals surface area contributed by atoms with Gasteiger partial charge in [0.1, 0.15) is 22.3 Å². The number of esters is 1. The molecule has 1 aromatic rings. The molecule has 12 heteroatoms. The zero-order valence-corrected chi connectivity index (χ0v) is 24.0. The summed E-state index contributed by atoms with van der Waals surface area (Å²) in [6.45, 7) is 14.3. The lowest BCUT2D eigenvalue weighted by atomic mass is 9.97. The normalized spacial score (nSPS) is 16.4. The van der Waals surface area contributed by atoms with Gasteiger partial charge in [-0.3, -0.25) is 9.59 Å². The molecule has 3 amide bonds. The Morgan fingerprint density at radius 2 is 1.59 bits per heavy atom. The highest BCUT2D eigenvalue weighted by Crippen LogP contribution is 2.28. The number of alkyl carbamates (subject to hydrolysis) is 1. The number of hydrogen-bond acceptors (Lipinski definition) is 9. The van der Waals surface area contributed by atoms with Crippen LogP contribution in [0.5, 0.6) is 0 Å². The van der Waals surface area contributed by atoms with Crippen molar-refractivity contribution in [1.29, 1.82) is 0 Å². The van der Waals surface area contributed by atoms with E-state index >= 15 is 0 Å². The molecule has 6 atom stereocenters. The van der Waals surface area contributed by atoms with Crippen molar-refractivity contribution in [2.45, 2.75) is 98.1 Å². The number of carbonyl (C=O) groups excluding carboxylic acids is 4. The lowest BCUT2D eigenvalue weighted by molar-refractivity contribution is -0.148. The van der Waals surface area contributed by atoms with Gasteiger partial charge in [-0.05, 0) is 39.5 Å².